The molecule has 0 aliphatic carbocycles. The van der Waals surface area contributed by atoms with Gasteiger partial charge in [-0.1, -0.05) is 0 Å². The number of hydrogen-bond donors (Lipinski definition) is 2. The molecule has 0 unspecified atom stereocenters. The Morgan fingerprint density at radius 1 is 1.50 bits per heavy atom. The minimum atomic E-state index is -3.67. The minimum Gasteiger partial charge on any atom is -0.314 e. The first-order valence-electron chi connectivity index (χ1n) is 2.13. The molecule has 1 saturated heterocycles. The molecule has 5 heteroatoms. The van der Waals surface area contributed by atoms with Gasteiger partial charge in [0.25, 0.3) is 10.1 Å². The van der Waals surface area contributed by atoms with Crippen molar-refractivity contribution in [1.29, 1.82) is 0 Å². The SMILES string of the molecule is C1CN1.CS(=O)(=O)O. The summed E-state index contributed by atoms with van der Waals surface area (Å²) in [5.74, 6) is 0. The number of hydrogen-bond acceptors (Lipinski definition) is 3. The molecule has 1 rings (SSSR count). The molecule has 0 radical (unpaired) electrons. The van der Waals surface area contributed by atoms with Gasteiger partial charge in [0.15, 0.2) is 0 Å². The molecular weight excluding hydrogens is 130 g/mol. The molecule has 1 heterocycles. The van der Waals surface area contributed by atoms with E-state index in [1.54, 1.807) is 0 Å². The molecule has 0 aromatic heterocycles. The highest BCUT2D eigenvalue weighted by Crippen LogP contribution is 1.65. The van der Waals surface area contributed by atoms with E-state index in [4.69, 9.17) is 4.55 Å². The zero-order valence-corrected chi connectivity index (χ0v) is 5.40. The lowest BCUT2D eigenvalue weighted by Crippen LogP contribution is -1.88. The quantitative estimate of drug-likeness (QED) is 0.336. The third-order valence-electron chi connectivity index (χ3n) is 0.250. The Hall–Kier alpha value is -0.130. The Balaban J connectivity index is 0.000000135. The number of rotatable bonds is 0. The molecule has 0 spiro atoms. The summed E-state index contributed by atoms with van der Waals surface area (Å²) in [7, 11) is -3.67. The van der Waals surface area contributed by atoms with E-state index < -0.39 is 10.1 Å². The van der Waals surface area contributed by atoms with Crippen molar-refractivity contribution < 1.29 is 13.0 Å². The van der Waals surface area contributed by atoms with Crippen LogP contribution < -0.4 is 5.32 Å². The third kappa shape index (κ3) is 184. The fraction of sp³-hybridized carbons (Fsp3) is 1.00. The summed E-state index contributed by atoms with van der Waals surface area (Å²) in [6.45, 7) is 2.50. The van der Waals surface area contributed by atoms with Crippen molar-refractivity contribution in [3.05, 3.63) is 0 Å². The average Bonchev–Trinajstić information content (AvgIpc) is 1.95. The fourth-order valence-electron chi connectivity index (χ4n) is 0. The van der Waals surface area contributed by atoms with Crippen molar-refractivity contribution in [3.8, 4) is 0 Å². The maximum Gasteiger partial charge on any atom is 0.261 e. The first-order valence-corrected chi connectivity index (χ1v) is 3.98. The summed E-state index contributed by atoms with van der Waals surface area (Å²) < 4.78 is 25.9. The van der Waals surface area contributed by atoms with Crippen molar-refractivity contribution in [2.45, 2.75) is 0 Å². The first-order chi connectivity index (χ1) is 3.50. The van der Waals surface area contributed by atoms with Crippen molar-refractivity contribution >= 4 is 10.1 Å². The molecule has 1 aliphatic rings. The molecule has 0 bridgehead atoms. The highest BCUT2D eigenvalue weighted by Gasteiger charge is 1.91. The summed E-state index contributed by atoms with van der Waals surface area (Å²) >= 11 is 0. The number of nitrogens with one attached hydrogen (secondary N) is 1. The van der Waals surface area contributed by atoms with Crippen LogP contribution in [0.25, 0.3) is 0 Å². The molecule has 1 aliphatic heterocycles. The monoisotopic (exact) mass is 139 g/mol. The van der Waals surface area contributed by atoms with Crippen LogP contribution in [-0.2, 0) is 10.1 Å². The van der Waals surface area contributed by atoms with E-state index in [9.17, 15) is 8.42 Å². The third-order valence-corrected chi connectivity index (χ3v) is 0.250. The van der Waals surface area contributed by atoms with Gasteiger partial charge in [-0.25, -0.2) is 0 Å². The molecule has 8 heavy (non-hydrogen) atoms. The van der Waals surface area contributed by atoms with Crippen LogP contribution in [0.2, 0.25) is 0 Å². The van der Waals surface area contributed by atoms with Crippen LogP contribution in [-0.4, -0.2) is 32.3 Å². The van der Waals surface area contributed by atoms with Gasteiger partial charge in [0.2, 0.25) is 0 Å². The van der Waals surface area contributed by atoms with Crippen molar-refractivity contribution in [1.82, 2.24) is 5.32 Å². The Morgan fingerprint density at radius 2 is 1.62 bits per heavy atom. The summed E-state index contributed by atoms with van der Waals surface area (Å²) in [5, 5.41) is 3.00. The maximum absolute atomic E-state index is 9.19. The van der Waals surface area contributed by atoms with Crippen molar-refractivity contribution in [2.24, 2.45) is 0 Å². The van der Waals surface area contributed by atoms with Gasteiger partial charge in [0, 0.05) is 13.1 Å². The Labute approximate surface area is 48.6 Å². The average molecular weight is 139 g/mol. The van der Waals surface area contributed by atoms with Gasteiger partial charge in [-0.05, 0) is 0 Å². The summed E-state index contributed by atoms with van der Waals surface area (Å²) in [6, 6.07) is 0. The van der Waals surface area contributed by atoms with Gasteiger partial charge < -0.3 is 5.32 Å². The molecule has 0 saturated carbocycles. The molecule has 0 amide bonds. The van der Waals surface area contributed by atoms with Crippen LogP contribution in [0.15, 0.2) is 0 Å². The van der Waals surface area contributed by atoms with Gasteiger partial charge in [-0.3, -0.25) is 4.55 Å². The molecule has 4 nitrogen and oxygen atoms in total. The Kier molecular flexibility index (Phi) is 2.96. The smallest absolute Gasteiger partial charge is 0.261 e. The van der Waals surface area contributed by atoms with Gasteiger partial charge in [0.1, 0.15) is 0 Å². The van der Waals surface area contributed by atoms with E-state index in [2.05, 4.69) is 5.32 Å². The second-order valence-electron chi connectivity index (χ2n) is 1.48. The minimum absolute atomic E-state index is 0.715. The molecular formula is C3H9NO3S. The van der Waals surface area contributed by atoms with Crippen LogP contribution in [0.1, 0.15) is 0 Å². The van der Waals surface area contributed by atoms with E-state index in [0.717, 1.165) is 0 Å². The second kappa shape index (κ2) is 3.01. The molecule has 0 aromatic carbocycles. The lowest BCUT2D eigenvalue weighted by Gasteiger charge is -1.69. The van der Waals surface area contributed by atoms with E-state index in [1.165, 1.54) is 13.1 Å². The Bertz CT molecular complexity index is 126. The van der Waals surface area contributed by atoms with E-state index >= 15 is 0 Å². The Morgan fingerprint density at radius 3 is 1.62 bits per heavy atom. The van der Waals surface area contributed by atoms with Gasteiger partial charge in [-0.2, -0.15) is 8.42 Å². The van der Waals surface area contributed by atoms with Crippen LogP contribution in [0, 0.1) is 0 Å². The predicted molar refractivity (Wildman–Crippen MR) is 30.3 cm³/mol. The van der Waals surface area contributed by atoms with Gasteiger partial charge in [0.05, 0.1) is 6.26 Å². The predicted octanol–water partition coefficient (Wildman–Crippen LogP) is -0.906. The molecule has 50 valence electrons. The topological polar surface area (TPSA) is 76.3 Å². The van der Waals surface area contributed by atoms with Crippen molar-refractivity contribution in [3.63, 3.8) is 0 Å². The van der Waals surface area contributed by atoms with Crippen LogP contribution >= 0.6 is 0 Å². The fourth-order valence-corrected chi connectivity index (χ4v) is 0. The zero-order valence-electron chi connectivity index (χ0n) is 4.59. The van der Waals surface area contributed by atoms with Gasteiger partial charge in [-0.15, -0.1) is 0 Å². The van der Waals surface area contributed by atoms with Crippen LogP contribution in [0.5, 0.6) is 0 Å². The van der Waals surface area contributed by atoms with Crippen LogP contribution in [0.3, 0.4) is 0 Å². The normalized spacial score (nSPS) is 16.2. The first kappa shape index (κ1) is 7.87. The molecule has 0 aromatic rings. The lowest BCUT2D eigenvalue weighted by atomic mass is 11.0. The van der Waals surface area contributed by atoms with Gasteiger partial charge >= 0.3 is 0 Å². The highest BCUT2D eigenvalue weighted by atomic mass is 32.2. The standard InChI is InChI=1S/C2H5N.CH4O3S/c1-2-3-1;1-5(2,3)4/h3H,1-2H2;1H3,(H,2,3,4). The second-order valence-corrected chi connectivity index (χ2v) is 2.95. The summed E-state index contributed by atoms with van der Waals surface area (Å²) in [4.78, 5) is 0. The van der Waals surface area contributed by atoms with Crippen LogP contribution in [0.4, 0.5) is 0 Å². The molecule has 0 atom stereocenters. The summed E-state index contributed by atoms with van der Waals surface area (Å²) in [5.41, 5.74) is 0. The highest BCUT2D eigenvalue weighted by molar-refractivity contribution is 7.85. The molecule has 1 fully saturated rings. The zero-order chi connectivity index (χ0) is 6.62. The van der Waals surface area contributed by atoms with E-state index in [0.29, 0.717) is 6.26 Å². The largest absolute Gasteiger partial charge is 0.314 e. The van der Waals surface area contributed by atoms with E-state index in [-0.39, 0.29) is 0 Å². The maximum atomic E-state index is 9.19. The lowest BCUT2D eigenvalue weighted by molar-refractivity contribution is 0.490. The van der Waals surface area contributed by atoms with Crippen molar-refractivity contribution in [2.75, 3.05) is 19.3 Å². The summed E-state index contributed by atoms with van der Waals surface area (Å²) in [6.07, 6.45) is 0.715. The molecule has 2 N–H and O–H groups in total. The van der Waals surface area contributed by atoms with E-state index in [1.807, 2.05) is 0 Å².